The Morgan fingerprint density at radius 2 is 1.74 bits per heavy atom. The van der Waals surface area contributed by atoms with Crippen molar-refractivity contribution >= 4 is 28.7 Å². The van der Waals surface area contributed by atoms with Gasteiger partial charge in [0.1, 0.15) is 17.8 Å². The molecule has 35 heavy (non-hydrogen) atoms. The summed E-state index contributed by atoms with van der Waals surface area (Å²) >= 11 is 0. The normalized spacial score (nSPS) is 17.6. The molecule has 0 spiro atoms. The molecule has 0 aliphatic carbocycles. The van der Waals surface area contributed by atoms with E-state index in [2.05, 4.69) is 30.1 Å². The summed E-state index contributed by atoms with van der Waals surface area (Å²) in [6, 6.07) is 12.2. The van der Waals surface area contributed by atoms with Gasteiger partial charge in [-0.25, -0.2) is 9.97 Å². The Bertz CT molecular complexity index is 1130. The Balaban J connectivity index is 1.02. The number of hydrogen-bond donors (Lipinski definition) is 2. The fraction of sp³-hybridized carbons (Fsp3) is 0.462. The second-order valence-corrected chi connectivity index (χ2v) is 9.41. The zero-order valence-corrected chi connectivity index (χ0v) is 20.0. The van der Waals surface area contributed by atoms with E-state index < -0.39 is 0 Å². The van der Waals surface area contributed by atoms with Crippen LogP contribution in [-0.4, -0.2) is 88.4 Å². The lowest BCUT2D eigenvalue weighted by Crippen LogP contribution is -2.52. The summed E-state index contributed by atoms with van der Waals surface area (Å²) in [5.74, 6) is 1.23. The number of benzene rings is 1. The summed E-state index contributed by atoms with van der Waals surface area (Å²) in [5.41, 5.74) is 2.03. The van der Waals surface area contributed by atoms with Gasteiger partial charge >= 0.3 is 0 Å². The smallest absolute Gasteiger partial charge is 0.236 e. The van der Waals surface area contributed by atoms with Crippen molar-refractivity contribution in [2.45, 2.75) is 31.7 Å². The van der Waals surface area contributed by atoms with E-state index in [-0.39, 0.29) is 17.9 Å². The van der Waals surface area contributed by atoms with Crippen molar-refractivity contribution < 1.29 is 9.59 Å². The average Bonchev–Trinajstić information content (AvgIpc) is 3.38. The van der Waals surface area contributed by atoms with E-state index in [1.807, 2.05) is 47.5 Å². The summed E-state index contributed by atoms with van der Waals surface area (Å²) < 4.78 is 0. The van der Waals surface area contributed by atoms with Crippen LogP contribution in [0.25, 0.3) is 11.0 Å². The number of amides is 2. The molecule has 3 aromatic rings. The minimum Gasteiger partial charge on any atom is -0.353 e. The van der Waals surface area contributed by atoms with Crippen molar-refractivity contribution in [1.29, 1.82) is 0 Å². The molecule has 5 rings (SSSR count). The van der Waals surface area contributed by atoms with Gasteiger partial charge in [-0.15, -0.1) is 0 Å². The Kier molecular flexibility index (Phi) is 7.23. The standard InChI is InChI=1S/C26H33N7O2/c34-23(7-6-20-4-2-1-3-5-20)30-21-9-12-32(13-10-21)24(35)18-31-14-16-33(17-15-31)26-22-8-11-27-25(22)28-19-29-26/h1-5,8,11,19,21H,6-7,9-10,12-18H2,(H,30,34)(H,27,28,29). The van der Waals surface area contributed by atoms with Gasteiger partial charge in [-0.3, -0.25) is 14.5 Å². The Labute approximate surface area is 205 Å². The molecule has 184 valence electrons. The molecular formula is C26H33N7O2. The number of H-pyrrole nitrogens is 1. The van der Waals surface area contributed by atoms with Crippen LogP contribution in [-0.2, 0) is 16.0 Å². The van der Waals surface area contributed by atoms with Crippen LogP contribution in [0.5, 0.6) is 0 Å². The lowest BCUT2D eigenvalue weighted by Gasteiger charge is -2.37. The molecule has 0 bridgehead atoms. The second-order valence-electron chi connectivity index (χ2n) is 9.41. The van der Waals surface area contributed by atoms with E-state index in [4.69, 9.17) is 0 Å². The lowest BCUT2D eigenvalue weighted by atomic mass is 10.0. The highest BCUT2D eigenvalue weighted by Gasteiger charge is 2.27. The molecule has 4 heterocycles. The summed E-state index contributed by atoms with van der Waals surface area (Å²) in [5, 5.41) is 4.19. The molecule has 2 saturated heterocycles. The minimum atomic E-state index is 0.0945. The monoisotopic (exact) mass is 475 g/mol. The fourth-order valence-electron chi connectivity index (χ4n) is 5.00. The number of piperazine rings is 1. The van der Waals surface area contributed by atoms with Crippen molar-refractivity contribution in [2.24, 2.45) is 0 Å². The second kappa shape index (κ2) is 10.9. The molecule has 2 amide bonds. The lowest BCUT2D eigenvalue weighted by molar-refractivity contribution is -0.133. The van der Waals surface area contributed by atoms with Crippen molar-refractivity contribution in [3.05, 3.63) is 54.5 Å². The van der Waals surface area contributed by atoms with Gasteiger partial charge in [0.25, 0.3) is 0 Å². The molecule has 1 aromatic carbocycles. The quantitative estimate of drug-likeness (QED) is 0.541. The number of aromatic nitrogens is 3. The number of carbonyl (C=O) groups is 2. The maximum atomic E-state index is 12.9. The molecule has 0 unspecified atom stereocenters. The van der Waals surface area contributed by atoms with E-state index in [1.54, 1.807) is 6.33 Å². The summed E-state index contributed by atoms with van der Waals surface area (Å²) in [6.07, 6.45) is 6.37. The first-order valence-electron chi connectivity index (χ1n) is 12.5. The maximum Gasteiger partial charge on any atom is 0.236 e. The average molecular weight is 476 g/mol. The molecule has 2 fully saturated rings. The number of fused-ring (bicyclic) bond motifs is 1. The number of aromatic amines is 1. The van der Waals surface area contributed by atoms with E-state index in [9.17, 15) is 9.59 Å². The van der Waals surface area contributed by atoms with Gasteiger partial charge in [-0.1, -0.05) is 30.3 Å². The SMILES string of the molecule is O=C(CCc1ccccc1)NC1CCN(C(=O)CN2CCN(c3ncnc4[nH]ccc34)CC2)CC1. The van der Waals surface area contributed by atoms with Gasteiger partial charge in [-0.2, -0.15) is 0 Å². The van der Waals surface area contributed by atoms with Gasteiger partial charge in [-0.05, 0) is 30.9 Å². The van der Waals surface area contributed by atoms with Crippen LogP contribution in [0.1, 0.15) is 24.8 Å². The molecule has 2 N–H and O–H groups in total. The van der Waals surface area contributed by atoms with Crippen LogP contribution in [0.4, 0.5) is 5.82 Å². The molecule has 0 atom stereocenters. The number of likely N-dealkylation sites (tertiary alicyclic amines) is 1. The summed E-state index contributed by atoms with van der Waals surface area (Å²) in [7, 11) is 0. The highest BCUT2D eigenvalue weighted by molar-refractivity contribution is 5.87. The molecule has 9 nitrogen and oxygen atoms in total. The highest BCUT2D eigenvalue weighted by atomic mass is 16.2. The number of nitrogens with one attached hydrogen (secondary N) is 2. The summed E-state index contributed by atoms with van der Waals surface area (Å²) in [4.78, 5) is 43.6. The third-order valence-corrected chi connectivity index (χ3v) is 7.06. The van der Waals surface area contributed by atoms with Gasteiger partial charge < -0.3 is 20.1 Å². The third kappa shape index (κ3) is 5.79. The van der Waals surface area contributed by atoms with Crippen LogP contribution in [0.2, 0.25) is 0 Å². The number of nitrogens with zero attached hydrogens (tertiary/aromatic N) is 5. The minimum absolute atomic E-state index is 0.0945. The number of hydrogen-bond acceptors (Lipinski definition) is 6. The van der Waals surface area contributed by atoms with Crippen molar-refractivity contribution in [3.63, 3.8) is 0 Å². The Morgan fingerprint density at radius 1 is 0.971 bits per heavy atom. The van der Waals surface area contributed by atoms with Crippen LogP contribution >= 0.6 is 0 Å². The molecule has 2 aliphatic heterocycles. The summed E-state index contributed by atoms with van der Waals surface area (Å²) in [6.45, 7) is 5.18. The molecule has 0 radical (unpaired) electrons. The first-order valence-corrected chi connectivity index (χ1v) is 12.5. The predicted octanol–water partition coefficient (Wildman–Crippen LogP) is 1.82. The molecule has 2 aliphatic rings. The molecule has 0 saturated carbocycles. The van der Waals surface area contributed by atoms with Crippen LogP contribution in [0.3, 0.4) is 0 Å². The topological polar surface area (TPSA) is 97.5 Å². The van der Waals surface area contributed by atoms with Crippen LogP contribution in [0.15, 0.2) is 48.9 Å². The molecule has 2 aromatic heterocycles. The zero-order chi connectivity index (χ0) is 24.0. The highest BCUT2D eigenvalue weighted by Crippen LogP contribution is 2.23. The first kappa shape index (κ1) is 23.3. The Hall–Kier alpha value is -3.46. The largest absolute Gasteiger partial charge is 0.353 e. The Morgan fingerprint density at radius 3 is 2.51 bits per heavy atom. The number of aryl methyl sites for hydroxylation is 1. The van der Waals surface area contributed by atoms with Crippen LogP contribution in [0, 0.1) is 0 Å². The van der Waals surface area contributed by atoms with Crippen molar-refractivity contribution in [3.8, 4) is 0 Å². The third-order valence-electron chi connectivity index (χ3n) is 7.06. The number of rotatable bonds is 7. The molecular weight excluding hydrogens is 442 g/mol. The van der Waals surface area contributed by atoms with E-state index in [0.717, 1.165) is 62.3 Å². The van der Waals surface area contributed by atoms with Crippen LogP contribution < -0.4 is 10.2 Å². The van der Waals surface area contributed by atoms with Gasteiger partial charge in [0, 0.05) is 57.9 Å². The van der Waals surface area contributed by atoms with Crippen molar-refractivity contribution in [1.82, 2.24) is 30.1 Å². The van der Waals surface area contributed by atoms with E-state index >= 15 is 0 Å². The van der Waals surface area contributed by atoms with Gasteiger partial charge in [0.2, 0.25) is 11.8 Å². The van der Waals surface area contributed by atoms with E-state index in [0.29, 0.717) is 26.1 Å². The maximum absolute atomic E-state index is 12.9. The van der Waals surface area contributed by atoms with Crippen molar-refractivity contribution in [2.75, 3.05) is 50.7 Å². The van der Waals surface area contributed by atoms with Gasteiger partial charge in [0.15, 0.2) is 0 Å². The predicted molar refractivity (Wildman–Crippen MR) is 135 cm³/mol. The number of anilines is 1. The fourth-order valence-corrected chi connectivity index (χ4v) is 5.00. The van der Waals surface area contributed by atoms with Gasteiger partial charge in [0.05, 0.1) is 11.9 Å². The molecule has 9 heteroatoms. The van der Waals surface area contributed by atoms with E-state index in [1.165, 1.54) is 5.56 Å². The number of piperidine rings is 1. The first-order chi connectivity index (χ1) is 17.2. The zero-order valence-electron chi connectivity index (χ0n) is 20.0. The number of carbonyl (C=O) groups excluding carboxylic acids is 2.